The van der Waals surface area contributed by atoms with Gasteiger partial charge in [0.1, 0.15) is 5.82 Å². The predicted molar refractivity (Wildman–Crippen MR) is 82.8 cm³/mol. The molecular formula is C15H28N4. The third kappa shape index (κ3) is 5.90. The zero-order chi connectivity index (χ0) is 14.1. The van der Waals surface area contributed by atoms with E-state index in [0.29, 0.717) is 6.04 Å². The summed E-state index contributed by atoms with van der Waals surface area (Å²) in [5.74, 6) is 1.67. The first-order valence-corrected chi connectivity index (χ1v) is 7.51. The maximum Gasteiger partial charge on any atom is 0.224 e. The number of aryl methyl sites for hydroxylation is 1. The van der Waals surface area contributed by atoms with Crippen LogP contribution in [0.5, 0.6) is 0 Å². The monoisotopic (exact) mass is 264 g/mol. The highest BCUT2D eigenvalue weighted by Gasteiger charge is 2.07. The molecule has 0 spiro atoms. The number of nitrogens with one attached hydrogen (secondary N) is 2. The van der Waals surface area contributed by atoms with E-state index in [1.165, 1.54) is 25.7 Å². The Bertz CT molecular complexity index is 365. The van der Waals surface area contributed by atoms with Gasteiger partial charge in [0.25, 0.3) is 0 Å². The van der Waals surface area contributed by atoms with Crippen molar-refractivity contribution >= 4 is 11.8 Å². The Morgan fingerprint density at radius 3 is 2.68 bits per heavy atom. The molecule has 0 amide bonds. The summed E-state index contributed by atoms with van der Waals surface area (Å²) in [6, 6.07) is 0.458. The molecule has 0 aliphatic heterocycles. The smallest absolute Gasteiger partial charge is 0.224 e. The number of nitrogens with zero attached hydrogens (tertiary/aromatic N) is 2. The molecule has 1 rings (SSSR count). The molecular weight excluding hydrogens is 236 g/mol. The van der Waals surface area contributed by atoms with Gasteiger partial charge < -0.3 is 10.6 Å². The van der Waals surface area contributed by atoms with E-state index in [2.05, 4.69) is 41.4 Å². The zero-order valence-electron chi connectivity index (χ0n) is 12.8. The van der Waals surface area contributed by atoms with Crippen molar-refractivity contribution in [2.24, 2.45) is 0 Å². The minimum absolute atomic E-state index is 0.458. The molecule has 0 aromatic carbocycles. The fourth-order valence-electron chi connectivity index (χ4n) is 1.92. The van der Waals surface area contributed by atoms with Gasteiger partial charge in [0.15, 0.2) is 0 Å². The quantitative estimate of drug-likeness (QED) is 0.662. The molecule has 4 heteroatoms. The Kier molecular flexibility index (Phi) is 7.23. The number of anilines is 2. The fourth-order valence-corrected chi connectivity index (χ4v) is 1.92. The van der Waals surface area contributed by atoms with Crippen LogP contribution in [0.4, 0.5) is 11.8 Å². The summed E-state index contributed by atoms with van der Waals surface area (Å²) >= 11 is 0. The van der Waals surface area contributed by atoms with Crippen molar-refractivity contribution in [2.75, 3.05) is 17.2 Å². The van der Waals surface area contributed by atoms with Gasteiger partial charge in [-0.15, -0.1) is 0 Å². The van der Waals surface area contributed by atoms with E-state index in [0.717, 1.165) is 30.3 Å². The molecule has 0 radical (unpaired) electrons. The van der Waals surface area contributed by atoms with E-state index in [1.807, 2.05) is 13.1 Å². The van der Waals surface area contributed by atoms with Gasteiger partial charge in [-0.25, -0.2) is 4.98 Å². The first-order chi connectivity index (χ1) is 9.17. The highest BCUT2D eigenvalue weighted by atomic mass is 15.1. The Balaban J connectivity index is 2.55. The van der Waals surface area contributed by atoms with Crippen molar-refractivity contribution < 1.29 is 0 Å². The lowest BCUT2D eigenvalue weighted by atomic mass is 10.1. The standard InChI is InChI=1S/C15H28N4/c1-5-7-8-9-13(4)18-14-12(3)11-17-15(19-14)16-10-6-2/h11,13H,5-10H2,1-4H3,(H2,16,17,18,19). The van der Waals surface area contributed by atoms with Crippen LogP contribution in [0, 0.1) is 6.92 Å². The summed E-state index contributed by atoms with van der Waals surface area (Å²) in [4.78, 5) is 8.84. The van der Waals surface area contributed by atoms with E-state index in [9.17, 15) is 0 Å². The molecule has 0 saturated heterocycles. The van der Waals surface area contributed by atoms with Crippen molar-refractivity contribution in [2.45, 2.75) is 65.8 Å². The number of rotatable bonds is 9. The van der Waals surface area contributed by atoms with Crippen molar-refractivity contribution in [1.29, 1.82) is 0 Å². The molecule has 0 bridgehead atoms. The lowest BCUT2D eigenvalue weighted by Gasteiger charge is -2.16. The number of hydrogen-bond acceptors (Lipinski definition) is 4. The lowest BCUT2D eigenvalue weighted by Crippen LogP contribution is -2.17. The van der Waals surface area contributed by atoms with Crippen LogP contribution in [0.25, 0.3) is 0 Å². The molecule has 2 N–H and O–H groups in total. The van der Waals surface area contributed by atoms with Gasteiger partial charge >= 0.3 is 0 Å². The molecule has 0 aliphatic rings. The highest BCUT2D eigenvalue weighted by molar-refractivity contribution is 5.46. The van der Waals surface area contributed by atoms with Crippen LogP contribution < -0.4 is 10.6 Å². The summed E-state index contributed by atoms with van der Waals surface area (Å²) in [5, 5.41) is 6.72. The molecule has 0 aliphatic carbocycles. The predicted octanol–water partition coefficient (Wildman–Crippen LogP) is 3.99. The fraction of sp³-hybridized carbons (Fsp3) is 0.733. The second-order valence-electron chi connectivity index (χ2n) is 5.19. The molecule has 1 unspecified atom stereocenters. The molecule has 1 atom stereocenters. The average molecular weight is 264 g/mol. The Morgan fingerprint density at radius 2 is 2.00 bits per heavy atom. The summed E-state index contributed by atoms with van der Waals surface area (Å²) < 4.78 is 0. The van der Waals surface area contributed by atoms with Crippen LogP contribution in [0.3, 0.4) is 0 Å². The van der Waals surface area contributed by atoms with Gasteiger partial charge in [0.05, 0.1) is 0 Å². The molecule has 0 fully saturated rings. The second kappa shape index (κ2) is 8.73. The van der Waals surface area contributed by atoms with Crippen LogP contribution >= 0.6 is 0 Å². The van der Waals surface area contributed by atoms with E-state index in [1.54, 1.807) is 0 Å². The minimum atomic E-state index is 0.458. The summed E-state index contributed by atoms with van der Waals surface area (Å²) in [6.07, 6.45) is 7.99. The third-order valence-corrected chi connectivity index (χ3v) is 3.13. The van der Waals surface area contributed by atoms with Gasteiger partial charge in [-0.1, -0.05) is 33.1 Å². The number of aromatic nitrogens is 2. The lowest BCUT2D eigenvalue weighted by molar-refractivity contribution is 0.613. The SMILES string of the molecule is CCCCCC(C)Nc1nc(NCCC)ncc1C. The first-order valence-electron chi connectivity index (χ1n) is 7.51. The molecule has 108 valence electrons. The minimum Gasteiger partial charge on any atom is -0.367 e. The van der Waals surface area contributed by atoms with E-state index in [4.69, 9.17) is 0 Å². The van der Waals surface area contributed by atoms with Crippen molar-refractivity contribution in [3.63, 3.8) is 0 Å². The average Bonchev–Trinajstić information content (AvgIpc) is 2.40. The van der Waals surface area contributed by atoms with Gasteiger partial charge in [-0.3, -0.25) is 0 Å². The number of unbranched alkanes of at least 4 members (excludes halogenated alkanes) is 2. The Morgan fingerprint density at radius 1 is 1.21 bits per heavy atom. The van der Waals surface area contributed by atoms with Gasteiger partial charge in [0, 0.05) is 24.3 Å². The summed E-state index contributed by atoms with van der Waals surface area (Å²) in [5.41, 5.74) is 1.10. The van der Waals surface area contributed by atoms with Crippen LogP contribution in [-0.2, 0) is 0 Å². The molecule has 19 heavy (non-hydrogen) atoms. The van der Waals surface area contributed by atoms with Crippen molar-refractivity contribution in [3.8, 4) is 0 Å². The van der Waals surface area contributed by atoms with Crippen LogP contribution in [0.2, 0.25) is 0 Å². The largest absolute Gasteiger partial charge is 0.367 e. The molecule has 1 heterocycles. The molecule has 4 nitrogen and oxygen atoms in total. The van der Waals surface area contributed by atoms with Gasteiger partial charge in [-0.2, -0.15) is 4.98 Å². The van der Waals surface area contributed by atoms with Crippen LogP contribution in [0.15, 0.2) is 6.20 Å². The Hall–Kier alpha value is -1.32. The molecule has 1 aromatic rings. The second-order valence-corrected chi connectivity index (χ2v) is 5.19. The van der Waals surface area contributed by atoms with Crippen LogP contribution in [-0.4, -0.2) is 22.6 Å². The maximum absolute atomic E-state index is 4.54. The van der Waals surface area contributed by atoms with Gasteiger partial charge in [-0.05, 0) is 26.7 Å². The maximum atomic E-state index is 4.54. The van der Waals surface area contributed by atoms with Gasteiger partial charge in [0.2, 0.25) is 5.95 Å². The summed E-state index contributed by atoms with van der Waals surface area (Å²) in [6.45, 7) is 9.55. The highest BCUT2D eigenvalue weighted by Crippen LogP contribution is 2.15. The molecule has 1 aromatic heterocycles. The normalized spacial score (nSPS) is 12.2. The Labute approximate surface area is 117 Å². The summed E-state index contributed by atoms with van der Waals surface area (Å²) in [7, 11) is 0. The van der Waals surface area contributed by atoms with E-state index in [-0.39, 0.29) is 0 Å². The first kappa shape index (κ1) is 15.7. The van der Waals surface area contributed by atoms with Crippen LogP contribution in [0.1, 0.15) is 58.4 Å². The van der Waals surface area contributed by atoms with Crippen molar-refractivity contribution in [3.05, 3.63) is 11.8 Å². The molecule has 0 saturated carbocycles. The third-order valence-electron chi connectivity index (χ3n) is 3.13. The number of hydrogen-bond donors (Lipinski definition) is 2. The van der Waals surface area contributed by atoms with Crippen molar-refractivity contribution in [1.82, 2.24) is 9.97 Å². The topological polar surface area (TPSA) is 49.8 Å². The van der Waals surface area contributed by atoms with E-state index >= 15 is 0 Å². The van der Waals surface area contributed by atoms with E-state index < -0.39 is 0 Å². The zero-order valence-corrected chi connectivity index (χ0v) is 12.8.